The zero-order valence-corrected chi connectivity index (χ0v) is 15.3. The Bertz CT molecular complexity index is 1050. The molecule has 1 aromatic heterocycles. The lowest BCUT2D eigenvalue weighted by molar-refractivity contribution is 0.102. The van der Waals surface area contributed by atoms with Crippen molar-refractivity contribution in [1.29, 1.82) is 0 Å². The molecule has 1 aliphatic carbocycles. The Balaban J connectivity index is 1.61. The molecule has 1 amide bonds. The molecule has 0 unspecified atom stereocenters. The summed E-state index contributed by atoms with van der Waals surface area (Å²) in [5.41, 5.74) is 1.85. The van der Waals surface area contributed by atoms with E-state index in [1.54, 1.807) is 12.3 Å². The summed E-state index contributed by atoms with van der Waals surface area (Å²) in [5, 5.41) is 5.79. The summed E-state index contributed by atoms with van der Waals surface area (Å²) < 4.78 is 27.9. The Hall–Kier alpha value is -3.06. The summed E-state index contributed by atoms with van der Waals surface area (Å²) in [6.45, 7) is 0. The summed E-state index contributed by atoms with van der Waals surface area (Å²) in [5.74, 6) is -0.758. The number of carbonyl (C=O) groups excluding carboxylic acids is 1. The molecule has 0 bridgehead atoms. The zero-order valence-electron chi connectivity index (χ0n) is 14.5. The molecule has 3 aromatic rings. The lowest BCUT2D eigenvalue weighted by Crippen LogP contribution is -2.16. The van der Waals surface area contributed by atoms with E-state index in [1.807, 2.05) is 0 Å². The topological polar surface area (TPSA) is 66.9 Å². The Morgan fingerprint density at radius 1 is 1.14 bits per heavy atom. The van der Waals surface area contributed by atoms with Crippen LogP contribution in [0.25, 0.3) is 0 Å². The molecule has 1 aliphatic rings. The fourth-order valence-corrected chi connectivity index (χ4v) is 3.58. The maximum atomic E-state index is 14.5. The number of nitrogens with zero attached hydrogens (tertiary/aromatic N) is 2. The minimum Gasteiger partial charge on any atom is -0.363 e. The third-order valence-electron chi connectivity index (χ3n) is 4.66. The van der Waals surface area contributed by atoms with Crippen molar-refractivity contribution in [3.8, 4) is 0 Å². The first-order chi connectivity index (χ1) is 13.5. The lowest BCUT2D eigenvalue weighted by atomic mass is 10.0. The van der Waals surface area contributed by atoms with Gasteiger partial charge in [-0.15, -0.1) is 0 Å². The smallest absolute Gasteiger partial charge is 0.255 e. The van der Waals surface area contributed by atoms with Gasteiger partial charge in [-0.3, -0.25) is 4.79 Å². The van der Waals surface area contributed by atoms with Gasteiger partial charge in [0.2, 0.25) is 0 Å². The Morgan fingerprint density at radius 2 is 1.96 bits per heavy atom. The number of benzene rings is 2. The highest BCUT2D eigenvalue weighted by Crippen LogP contribution is 2.37. The molecular formula is C20H15ClF2N4O. The van der Waals surface area contributed by atoms with E-state index >= 15 is 0 Å². The van der Waals surface area contributed by atoms with Gasteiger partial charge in [0.15, 0.2) is 0 Å². The van der Waals surface area contributed by atoms with Gasteiger partial charge >= 0.3 is 0 Å². The number of nitrogens with one attached hydrogen (secondary N) is 2. The number of rotatable bonds is 4. The Morgan fingerprint density at radius 3 is 2.71 bits per heavy atom. The molecule has 0 saturated heterocycles. The van der Waals surface area contributed by atoms with E-state index in [0.717, 1.165) is 0 Å². The highest BCUT2D eigenvalue weighted by atomic mass is 35.5. The van der Waals surface area contributed by atoms with Gasteiger partial charge < -0.3 is 10.6 Å². The highest BCUT2D eigenvalue weighted by molar-refractivity contribution is 6.31. The Labute approximate surface area is 164 Å². The molecule has 0 saturated carbocycles. The fourth-order valence-electron chi connectivity index (χ4n) is 3.40. The molecule has 8 heteroatoms. The van der Waals surface area contributed by atoms with Crippen molar-refractivity contribution in [2.24, 2.45) is 0 Å². The first kappa shape index (κ1) is 18.3. The van der Waals surface area contributed by atoms with Gasteiger partial charge in [-0.2, -0.15) is 0 Å². The van der Waals surface area contributed by atoms with Crippen molar-refractivity contribution in [2.45, 2.75) is 18.9 Å². The molecule has 1 atom stereocenters. The molecule has 0 fully saturated rings. The van der Waals surface area contributed by atoms with Crippen LogP contribution in [0.3, 0.4) is 0 Å². The first-order valence-corrected chi connectivity index (χ1v) is 9.01. The van der Waals surface area contributed by atoms with Crippen LogP contribution in [0.15, 0.2) is 48.9 Å². The van der Waals surface area contributed by atoms with Crippen LogP contribution in [0.2, 0.25) is 5.02 Å². The molecule has 142 valence electrons. The van der Waals surface area contributed by atoms with E-state index in [9.17, 15) is 13.6 Å². The van der Waals surface area contributed by atoms with Gasteiger partial charge in [0.25, 0.3) is 5.91 Å². The summed E-state index contributed by atoms with van der Waals surface area (Å²) in [6, 6.07) is 8.07. The van der Waals surface area contributed by atoms with Crippen LogP contribution in [0, 0.1) is 11.6 Å². The molecule has 1 heterocycles. The summed E-state index contributed by atoms with van der Waals surface area (Å²) in [7, 11) is 0. The number of aromatic nitrogens is 2. The maximum absolute atomic E-state index is 14.5. The molecule has 5 nitrogen and oxygen atoms in total. The second kappa shape index (κ2) is 7.52. The minimum atomic E-state index is -0.569. The fraction of sp³-hybridized carbons (Fsp3) is 0.150. The molecular weight excluding hydrogens is 386 g/mol. The van der Waals surface area contributed by atoms with E-state index in [1.165, 1.54) is 36.7 Å². The standard InChI is InChI=1S/C20H15ClF2N4O/c21-14-9-11(1-4-15(14)22)26-20(28)13-2-5-16(23)19-12(13)3-6-17(19)27-18-7-8-24-10-25-18/h1-2,4-5,7-10,17H,3,6H2,(H,26,28)(H,24,25,27)/t17-/m0/s1. The number of anilines is 2. The van der Waals surface area contributed by atoms with E-state index in [2.05, 4.69) is 20.6 Å². The van der Waals surface area contributed by atoms with Gasteiger partial charge in [-0.25, -0.2) is 18.7 Å². The van der Waals surface area contributed by atoms with Crippen molar-refractivity contribution in [2.75, 3.05) is 10.6 Å². The number of hydrogen-bond donors (Lipinski definition) is 2. The molecule has 0 radical (unpaired) electrons. The molecule has 0 spiro atoms. The second-order valence-corrected chi connectivity index (χ2v) is 6.81. The van der Waals surface area contributed by atoms with Crippen LogP contribution in [-0.4, -0.2) is 15.9 Å². The van der Waals surface area contributed by atoms with Gasteiger partial charge in [0, 0.05) is 23.0 Å². The number of fused-ring (bicyclic) bond motifs is 1. The normalized spacial score (nSPS) is 15.2. The van der Waals surface area contributed by atoms with Crippen molar-refractivity contribution >= 4 is 29.0 Å². The summed E-state index contributed by atoms with van der Waals surface area (Å²) in [6.07, 6.45) is 4.18. The first-order valence-electron chi connectivity index (χ1n) is 8.63. The van der Waals surface area contributed by atoms with Crippen molar-refractivity contribution in [3.05, 3.63) is 82.3 Å². The Kier molecular flexibility index (Phi) is 4.92. The van der Waals surface area contributed by atoms with E-state index in [-0.39, 0.29) is 16.9 Å². The molecule has 0 aliphatic heterocycles. The van der Waals surface area contributed by atoms with Crippen LogP contribution >= 0.6 is 11.6 Å². The minimum absolute atomic E-state index is 0.0868. The molecule has 2 aromatic carbocycles. The number of halogens is 3. The van der Waals surface area contributed by atoms with Crippen LogP contribution in [-0.2, 0) is 6.42 Å². The van der Waals surface area contributed by atoms with Crippen LogP contribution < -0.4 is 10.6 Å². The maximum Gasteiger partial charge on any atom is 0.255 e. The van der Waals surface area contributed by atoms with Gasteiger partial charge in [0.05, 0.1) is 11.1 Å². The zero-order chi connectivity index (χ0) is 19.7. The van der Waals surface area contributed by atoms with Gasteiger partial charge in [0.1, 0.15) is 23.8 Å². The van der Waals surface area contributed by atoms with Crippen molar-refractivity contribution in [1.82, 2.24) is 9.97 Å². The average Bonchev–Trinajstić information content (AvgIpc) is 3.10. The summed E-state index contributed by atoms with van der Waals surface area (Å²) >= 11 is 5.76. The van der Waals surface area contributed by atoms with E-state index in [0.29, 0.717) is 41.0 Å². The monoisotopic (exact) mass is 400 g/mol. The number of carbonyl (C=O) groups is 1. The quantitative estimate of drug-likeness (QED) is 0.662. The predicted octanol–water partition coefficient (Wildman–Crippen LogP) is 4.76. The molecule has 28 heavy (non-hydrogen) atoms. The van der Waals surface area contributed by atoms with Crippen LogP contribution in [0.1, 0.15) is 33.9 Å². The van der Waals surface area contributed by atoms with E-state index < -0.39 is 11.7 Å². The van der Waals surface area contributed by atoms with Crippen molar-refractivity contribution in [3.63, 3.8) is 0 Å². The molecule has 2 N–H and O–H groups in total. The van der Waals surface area contributed by atoms with Crippen LogP contribution in [0.4, 0.5) is 20.3 Å². The van der Waals surface area contributed by atoms with Gasteiger partial charge in [-0.1, -0.05) is 11.6 Å². The number of hydrogen-bond acceptors (Lipinski definition) is 4. The summed E-state index contributed by atoms with van der Waals surface area (Å²) in [4.78, 5) is 20.7. The van der Waals surface area contributed by atoms with E-state index in [4.69, 9.17) is 11.6 Å². The second-order valence-electron chi connectivity index (χ2n) is 6.40. The largest absolute Gasteiger partial charge is 0.363 e. The third kappa shape index (κ3) is 3.53. The number of amides is 1. The average molecular weight is 401 g/mol. The molecule has 4 rings (SSSR count). The third-order valence-corrected chi connectivity index (χ3v) is 4.95. The predicted molar refractivity (Wildman–Crippen MR) is 102 cm³/mol. The van der Waals surface area contributed by atoms with Crippen molar-refractivity contribution < 1.29 is 13.6 Å². The highest BCUT2D eigenvalue weighted by Gasteiger charge is 2.30. The van der Waals surface area contributed by atoms with Crippen LogP contribution in [0.5, 0.6) is 0 Å². The lowest BCUT2D eigenvalue weighted by Gasteiger charge is -2.16. The SMILES string of the molecule is O=C(Nc1ccc(F)c(Cl)c1)c1ccc(F)c2c1CC[C@@H]2Nc1ccncn1. The van der Waals surface area contributed by atoms with Gasteiger partial charge in [-0.05, 0) is 54.8 Å².